The van der Waals surface area contributed by atoms with Crippen LogP contribution < -0.4 is 4.72 Å². The fourth-order valence-corrected chi connectivity index (χ4v) is 5.50. The molecule has 0 amide bonds. The highest BCUT2D eigenvalue weighted by atomic mass is 35.5. The number of sulfonamides is 1. The summed E-state index contributed by atoms with van der Waals surface area (Å²) >= 11 is 5.82. The summed E-state index contributed by atoms with van der Waals surface area (Å²) in [5, 5.41) is 0.372. The van der Waals surface area contributed by atoms with Crippen LogP contribution in [0.15, 0.2) is 76.5 Å². The number of ether oxygens (including phenoxy) is 1. The highest BCUT2D eigenvalue weighted by Crippen LogP contribution is 2.27. The molecule has 3 rings (SSSR count). The van der Waals surface area contributed by atoms with Crippen molar-refractivity contribution in [3.05, 3.63) is 88.4 Å². The minimum atomic E-state index is -4.04. The quantitative estimate of drug-likeness (QED) is 0.494. The molecular formula is C22H20ClNO6S2. The van der Waals surface area contributed by atoms with Gasteiger partial charge in [0.25, 0.3) is 10.0 Å². The molecule has 0 aliphatic heterocycles. The van der Waals surface area contributed by atoms with Gasteiger partial charge < -0.3 is 4.74 Å². The van der Waals surface area contributed by atoms with Gasteiger partial charge in [-0.2, -0.15) is 0 Å². The normalized spacial score (nSPS) is 11.7. The fourth-order valence-electron chi connectivity index (χ4n) is 2.91. The van der Waals surface area contributed by atoms with Gasteiger partial charge in [0.2, 0.25) is 0 Å². The summed E-state index contributed by atoms with van der Waals surface area (Å²) in [6, 6.07) is 15.8. The molecule has 1 N–H and O–H groups in total. The van der Waals surface area contributed by atoms with Gasteiger partial charge in [-0.25, -0.2) is 21.6 Å². The third kappa shape index (κ3) is 5.48. The second-order valence-electron chi connectivity index (χ2n) is 7.00. The van der Waals surface area contributed by atoms with Gasteiger partial charge in [0.1, 0.15) is 0 Å². The van der Waals surface area contributed by atoms with E-state index in [0.29, 0.717) is 5.02 Å². The number of rotatable bonds is 7. The number of esters is 1. The smallest absolute Gasteiger partial charge is 0.337 e. The topological polar surface area (TPSA) is 107 Å². The lowest BCUT2D eigenvalue weighted by atomic mass is 10.1. The number of hydrogen-bond donors (Lipinski definition) is 1. The van der Waals surface area contributed by atoms with E-state index in [1.54, 1.807) is 12.1 Å². The van der Waals surface area contributed by atoms with Gasteiger partial charge in [-0.05, 0) is 67.1 Å². The molecule has 0 saturated heterocycles. The fraction of sp³-hybridized carbons (Fsp3) is 0.136. The van der Waals surface area contributed by atoms with E-state index in [4.69, 9.17) is 16.3 Å². The summed E-state index contributed by atoms with van der Waals surface area (Å²) < 4.78 is 58.7. The number of anilines is 1. The highest BCUT2D eigenvalue weighted by Gasteiger charge is 2.22. The molecule has 0 aromatic heterocycles. The monoisotopic (exact) mass is 493 g/mol. The molecule has 7 nitrogen and oxygen atoms in total. The standard InChI is InChI=1S/C22H20ClNO6S2/c1-15-3-8-19(9-4-15)31(26,27)14-17-13-16(22(25)30-2)5-12-21(17)24-32(28,29)20-10-6-18(23)7-11-20/h3-13,24H,14H2,1-2H3. The van der Waals surface area contributed by atoms with Gasteiger partial charge in [0.15, 0.2) is 9.84 Å². The summed E-state index contributed by atoms with van der Waals surface area (Å²) in [5.74, 6) is -1.20. The van der Waals surface area contributed by atoms with Crippen molar-refractivity contribution in [1.29, 1.82) is 0 Å². The van der Waals surface area contributed by atoms with Crippen LogP contribution in [0, 0.1) is 6.92 Å². The first-order valence-electron chi connectivity index (χ1n) is 9.31. The van der Waals surface area contributed by atoms with Crippen molar-refractivity contribution in [2.75, 3.05) is 11.8 Å². The van der Waals surface area contributed by atoms with Gasteiger partial charge >= 0.3 is 5.97 Å². The zero-order valence-electron chi connectivity index (χ0n) is 17.2. The molecule has 0 bridgehead atoms. The lowest BCUT2D eigenvalue weighted by Crippen LogP contribution is -2.16. The Morgan fingerprint density at radius 3 is 2.09 bits per heavy atom. The third-order valence-corrected chi connectivity index (χ3v) is 7.94. The number of benzene rings is 3. The minimum Gasteiger partial charge on any atom is -0.465 e. The average molecular weight is 494 g/mol. The Kier molecular flexibility index (Phi) is 6.92. The molecular weight excluding hydrogens is 474 g/mol. The van der Waals surface area contributed by atoms with Crippen LogP contribution in [0.3, 0.4) is 0 Å². The van der Waals surface area contributed by atoms with Crippen molar-refractivity contribution < 1.29 is 26.4 Å². The molecule has 0 spiro atoms. The predicted octanol–water partition coefficient (Wildman–Crippen LogP) is 4.21. The molecule has 0 fully saturated rings. The van der Waals surface area contributed by atoms with E-state index in [2.05, 4.69) is 4.72 Å². The SMILES string of the molecule is COC(=O)c1ccc(NS(=O)(=O)c2ccc(Cl)cc2)c(CS(=O)(=O)c2ccc(C)cc2)c1. The maximum Gasteiger partial charge on any atom is 0.337 e. The van der Waals surface area contributed by atoms with E-state index in [9.17, 15) is 21.6 Å². The average Bonchev–Trinajstić information content (AvgIpc) is 2.74. The largest absolute Gasteiger partial charge is 0.465 e. The molecule has 0 saturated carbocycles. The minimum absolute atomic E-state index is 0.0308. The Balaban J connectivity index is 2.03. The number of hydrogen-bond acceptors (Lipinski definition) is 6. The number of sulfone groups is 1. The van der Waals surface area contributed by atoms with Crippen molar-refractivity contribution >= 4 is 43.1 Å². The first-order chi connectivity index (χ1) is 15.0. The van der Waals surface area contributed by atoms with Crippen LogP contribution in [0.4, 0.5) is 5.69 Å². The Labute approximate surface area is 192 Å². The van der Waals surface area contributed by atoms with Crippen molar-refractivity contribution in [1.82, 2.24) is 0 Å². The molecule has 10 heteroatoms. The molecule has 32 heavy (non-hydrogen) atoms. The van der Waals surface area contributed by atoms with Gasteiger partial charge in [-0.1, -0.05) is 29.3 Å². The van der Waals surface area contributed by atoms with E-state index >= 15 is 0 Å². The molecule has 0 atom stereocenters. The maximum absolute atomic E-state index is 13.0. The summed E-state index contributed by atoms with van der Waals surface area (Å²) in [6.45, 7) is 1.83. The van der Waals surface area contributed by atoms with Crippen LogP contribution in [0.25, 0.3) is 0 Å². The molecule has 0 radical (unpaired) electrons. The summed E-state index contributed by atoms with van der Waals surface area (Å²) in [6.07, 6.45) is 0. The molecule has 0 heterocycles. The van der Waals surface area contributed by atoms with E-state index in [0.717, 1.165) is 5.56 Å². The zero-order chi connectivity index (χ0) is 23.5. The van der Waals surface area contributed by atoms with Crippen molar-refractivity contribution in [2.24, 2.45) is 0 Å². The number of halogens is 1. The van der Waals surface area contributed by atoms with Crippen molar-refractivity contribution in [2.45, 2.75) is 22.5 Å². The molecule has 168 valence electrons. The summed E-state index contributed by atoms with van der Waals surface area (Å²) in [7, 11) is -6.67. The Bertz CT molecular complexity index is 1350. The highest BCUT2D eigenvalue weighted by molar-refractivity contribution is 7.92. The number of carbonyl (C=O) groups excluding carboxylic acids is 1. The zero-order valence-corrected chi connectivity index (χ0v) is 19.6. The Hall–Kier alpha value is -2.88. The number of methoxy groups -OCH3 is 1. The number of nitrogens with one attached hydrogen (secondary N) is 1. The lowest BCUT2D eigenvalue weighted by Gasteiger charge is -2.15. The van der Waals surface area contributed by atoms with Crippen molar-refractivity contribution in [3.8, 4) is 0 Å². The third-order valence-electron chi connectivity index (χ3n) is 4.62. The van der Waals surface area contributed by atoms with Crippen LogP contribution in [0.1, 0.15) is 21.5 Å². The molecule has 0 aliphatic carbocycles. The van der Waals surface area contributed by atoms with Gasteiger partial charge in [0, 0.05) is 5.02 Å². The second kappa shape index (κ2) is 9.32. The van der Waals surface area contributed by atoms with Gasteiger partial charge in [0.05, 0.1) is 33.9 Å². The summed E-state index contributed by atoms with van der Waals surface area (Å²) in [5.41, 5.74) is 1.12. The van der Waals surface area contributed by atoms with Crippen LogP contribution in [-0.2, 0) is 30.4 Å². The molecule has 3 aromatic rings. The number of aryl methyl sites for hydroxylation is 1. The maximum atomic E-state index is 13.0. The van der Waals surface area contributed by atoms with Gasteiger partial charge in [-0.3, -0.25) is 4.72 Å². The van der Waals surface area contributed by atoms with Crippen LogP contribution in [-0.4, -0.2) is 29.9 Å². The van der Waals surface area contributed by atoms with Crippen LogP contribution in [0.2, 0.25) is 5.02 Å². The Morgan fingerprint density at radius 2 is 1.50 bits per heavy atom. The summed E-state index contributed by atoms with van der Waals surface area (Å²) in [4.78, 5) is 12.0. The first kappa shape index (κ1) is 23.8. The van der Waals surface area contributed by atoms with E-state index < -0.39 is 31.6 Å². The second-order valence-corrected chi connectivity index (χ2v) is 11.1. The lowest BCUT2D eigenvalue weighted by molar-refractivity contribution is 0.0600. The molecule has 0 unspecified atom stereocenters. The van der Waals surface area contributed by atoms with E-state index in [-0.39, 0.29) is 26.6 Å². The predicted molar refractivity (Wildman–Crippen MR) is 122 cm³/mol. The first-order valence-corrected chi connectivity index (χ1v) is 12.8. The van der Waals surface area contributed by atoms with Crippen LogP contribution in [0.5, 0.6) is 0 Å². The number of carbonyl (C=O) groups is 1. The van der Waals surface area contributed by atoms with Crippen molar-refractivity contribution in [3.63, 3.8) is 0 Å². The van der Waals surface area contributed by atoms with E-state index in [1.165, 1.54) is 61.7 Å². The molecule has 0 aliphatic rings. The molecule has 3 aromatic carbocycles. The Morgan fingerprint density at radius 1 is 0.906 bits per heavy atom. The van der Waals surface area contributed by atoms with Gasteiger partial charge in [-0.15, -0.1) is 0 Å². The van der Waals surface area contributed by atoms with E-state index in [1.807, 2.05) is 6.92 Å². The van der Waals surface area contributed by atoms with Crippen LogP contribution >= 0.6 is 11.6 Å².